The zero-order chi connectivity index (χ0) is 24.8. The zero-order valence-corrected chi connectivity index (χ0v) is 20.8. The number of fused-ring (bicyclic) bond motifs is 1. The first kappa shape index (κ1) is 24.5. The highest BCUT2D eigenvalue weighted by Gasteiger charge is 2.19. The first-order valence-electron chi connectivity index (χ1n) is 11.5. The number of tetrazole rings is 1. The number of amides is 2. The van der Waals surface area contributed by atoms with Gasteiger partial charge < -0.3 is 14.6 Å². The molecule has 182 valence electrons. The summed E-state index contributed by atoms with van der Waals surface area (Å²) in [6.45, 7) is 2.61. The van der Waals surface area contributed by atoms with Gasteiger partial charge >= 0.3 is 0 Å². The molecule has 4 rings (SSSR count). The minimum absolute atomic E-state index is 0.0973. The van der Waals surface area contributed by atoms with Crippen molar-refractivity contribution in [3.63, 3.8) is 0 Å². The van der Waals surface area contributed by atoms with Gasteiger partial charge in [-0.3, -0.25) is 9.59 Å². The fraction of sp³-hybridized carbons (Fsp3) is 0.320. The largest absolute Gasteiger partial charge is 0.461 e. The Labute approximate surface area is 207 Å². The number of carbonyl (C=O) groups is 2. The van der Waals surface area contributed by atoms with Gasteiger partial charge in [0.15, 0.2) is 0 Å². The summed E-state index contributed by atoms with van der Waals surface area (Å²) in [6, 6.07) is 14.9. The van der Waals surface area contributed by atoms with E-state index in [0.717, 1.165) is 41.6 Å². The number of furan rings is 1. The molecule has 0 aliphatic carbocycles. The van der Waals surface area contributed by atoms with Crippen LogP contribution < -0.4 is 5.32 Å². The quantitative estimate of drug-likeness (QED) is 0.329. The van der Waals surface area contributed by atoms with Gasteiger partial charge in [0.05, 0.1) is 5.75 Å². The maximum atomic E-state index is 13.1. The lowest BCUT2D eigenvalue weighted by Gasteiger charge is -2.18. The van der Waals surface area contributed by atoms with Gasteiger partial charge in [0.2, 0.25) is 11.1 Å². The van der Waals surface area contributed by atoms with Gasteiger partial charge in [-0.2, -0.15) is 0 Å². The maximum Gasteiger partial charge on any atom is 0.253 e. The van der Waals surface area contributed by atoms with E-state index in [-0.39, 0.29) is 17.6 Å². The lowest BCUT2D eigenvalue weighted by atomic mass is 10.1. The van der Waals surface area contributed by atoms with E-state index in [0.29, 0.717) is 23.0 Å². The minimum atomic E-state index is -0.180. The number of rotatable bonds is 10. The number of hydrogen-bond acceptors (Lipinski definition) is 7. The van der Waals surface area contributed by atoms with Crippen LogP contribution in [0, 0.1) is 0 Å². The van der Waals surface area contributed by atoms with Gasteiger partial charge in [0.25, 0.3) is 5.91 Å². The molecule has 9 nitrogen and oxygen atoms in total. The van der Waals surface area contributed by atoms with Crippen LogP contribution in [0.15, 0.2) is 58.1 Å². The van der Waals surface area contributed by atoms with E-state index >= 15 is 0 Å². The Morgan fingerprint density at radius 3 is 2.63 bits per heavy atom. The van der Waals surface area contributed by atoms with Crippen LogP contribution in [0.3, 0.4) is 0 Å². The van der Waals surface area contributed by atoms with Crippen molar-refractivity contribution in [1.29, 1.82) is 0 Å². The molecule has 35 heavy (non-hydrogen) atoms. The first-order valence-corrected chi connectivity index (χ1v) is 12.4. The Kier molecular flexibility index (Phi) is 7.81. The summed E-state index contributed by atoms with van der Waals surface area (Å²) < 4.78 is 7.61. The van der Waals surface area contributed by atoms with Crippen LogP contribution in [0.5, 0.6) is 0 Å². The molecule has 0 atom stereocenters. The van der Waals surface area contributed by atoms with Crippen LogP contribution in [-0.4, -0.2) is 49.7 Å². The molecular weight excluding hydrogens is 464 g/mol. The molecule has 0 saturated heterocycles. The van der Waals surface area contributed by atoms with Crippen LogP contribution >= 0.6 is 11.8 Å². The average Bonchev–Trinajstić information content (AvgIpc) is 3.44. The number of para-hydroxylation sites is 1. The Morgan fingerprint density at radius 2 is 1.91 bits per heavy atom. The normalized spacial score (nSPS) is 11.1. The topological polar surface area (TPSA) is 106 Å². The molecule has 2 aromatic heterocycles. The van der Waals surface area contributed by atoms with E-state index < -0.39 is 0 Å². The first-order chi connectivity index (χ1) is 17.0. The highest BCUT2D eigenvalue weighted by Crippen LogP contribution is 2.28. The molecule has 2 heterocycles. The van der Waals surface area contributed by atoms with E-state index in [1.165, 1.54) is 16.4 Å². The summed E-state index contributed by atoms with van der Waals surface area (Å²) in [5.41, 5.74) is 3.08. The lowest BCUT2D eigenvalue weighted by molar-refractivity contribution is -0.113. The Hall–Kier alpha value is -3.66. The average molecular weight is 493 g/mol. The number of unbranched alkanes of at least 4 members (excludes halogenated alkanes) is 1. The van der Waals surface area contributed by atoms with Crippen molar-refractivity contribution in [3.8, 4) is 0 Å². The fourth-order valence-corrected chi connectivity index (χ4v) is 4.41. The van der Waals surface area contributed by atoms with Gasteiger partial charge in [-0.25, -0.2) is 4.68 Å². The molecular formula is C25H28N6O3S. The van der Waals surface area contributed by atoms with Gasteiger partial charge in [0, 0.05) is 49.3 Å². The third-order valence-electron chi connectivity index (χ3n) is 5.61. The minimum Gasteiger partial charge on any atom is -0.461 e. The summed E-state index contributed by atoms with van der Waals surface area (Å²) in [4.78, 5) is 27.1. The second-order valence-electron chi connectivity index (χ2n) is 8.26. The number of nitrogens with zero attached hydrogens (tertiary/aromatic N) is 5. The predicted octanol–water partition coefficient (Wildman–Crippen LogP) is 4.30. The van der Waals surface area contributed by atoms with E-state index in [1.807, 2.05) is 24.3 Å². The molecule has 1 N–H and O–H groups in total. The Bertz CT molecular complexity index is 1310. The standard InChI is InChI=1S/C25H28N6O3S/c1-4-5-9-22-20(19-8-6-7-10-21(19)34-22)15-30(2)24(33)17-11-13-18(14-12-17)26-23(32)16-35-25-27-28-29-31(25)3/h6-8,10-14H,4-5,9,15-16H2,1-3H3,(H,26,32). The summed E-state index contributed by atoms with van der Waals surface area (Å²) in [7, 11) is 3.51. The smallest absolute Gasteiger partial charge is 0.253 e. The Morgan fingerprint density at radius 1 is 1.14 bits per heavy atom. The van der Waals surface area contributed by atoms with Crippen molar-refractivity contribution in [2.45, 2.75) is 37.9 Å². The number of thioether (sulfide) groups is 1. The molecule has 2 aromatic carbocycles. The molecule has 0 spiro atoms. The van der Waals surface area contributed by atoms with Crippen LogP contribution in [0.4, 0.5) is 5.69 Å². The number of nitrogens with one attached hydrogen (secondary N) is 1. The highest BCUT2D eigenvalue weighted by atomic mass is 32.2. The van der Waals surface area contributed by atoms with Crippen molar-refractivity contribution in [1.82, 2.24) is 25.1 Å². The number of carbonyl (C=O) groups excluding carboxylic acids is 2. The predicted molar refractivity (Wildman–Crippen MR) is 135 cm³/mol. The molecule has 2 amide bonds. The summed E-state index contributed by atoms with van der Waals surface area (Å²) in [5, 5.41) is 15.6. The third-order valence-corrected chi connectivity index (χ3v) is 6.62. The molecule has 0 bridgehead atoms. The summed E-state index contributed by atoms with van der Waals surface area (Å²) >= 11 is 1.25. The van der Waals surface area contributed by atoms with Crippen molar-refractivity contribution in [3.05, 3.63) is 65.4 Å². The van der Waals surface area contributed by atoms with Gasteiger partial charge in [0.1, 0.15) is 11.3 Å². The maximum absolute atomic E-state index is 13.1. The van der Waals surface area contributed by atoms with Crippen molar-refractivity contribution in [2.75, 3.05) is 18.1 Å². The molecule has 0 fully saturated rings. The van der Waals surface area contributed by atoms with Crippen LogP contribution in [0.25, 0.3) is 11.0 Å². The number of aryl methyl sites for hydroxylation is 2. The number of aromatic nitrogens is 4. The molecule has 0 saturated carbocycles. The van der Waals surface area contributed by atoms with Crippen LogP contribution in [0.2, 0.25) is 0 Å². The number of benzene rings is 2. The highest BCUT2D eigenvalue weighted by molar-refractivity contribution is 7.99. The fourth-order valence-electron chi connectivity index (χ4n) is 3.76. The Balaban J connectivity index is 1.39. The van der Waals surface area contributed by atoms with Crippen molar-refractivity contribution >= 4 is 40.2 Å². The molecule has 10 heteroatoms. The van der Waals surface area contributed by atoms with E-state index in [1.54, 1.807) is 43.3 Å². The summed E-state index contributed by atoms with van der Waals surface area (Å²) in [6.07, 6.45) is 2.96. The second-order valence-corrected chi connectivity index (χ2v) is 9.21. The van der Waals surface area contributed by atoms with Crippen molar-refractivity contribution in [2.24, 2.45) is 7.05 Å². The van der Waals surface area contributed by atoms with E-state index in [2.05, 4.69) is 27.8 Å². The van der Waals surface area contributed by atoms with E-state index in [4.69, 9.17) is 4.42 Å². The number of hydrogen-bond donors (Lipinski definition) is 1. The molecule has 4 aromatic rings. The zero-order valence-electron chi connectivity index (χ0n) is 20.0. The number of anilines is 1. The van der Waals surface area contributed by atoms with Crippen LogP contribution in [0.1, 0.15) is 41.4 Å². The van der Waals surface area contributed by atoms with E-state index in [9.17, 15) is 9.59 Å². The van der Waals surface area contributed by atoms with Crippen molar-refractivity contribution < 1.29 is 14.0 Å². The second kappa shape index (κ2) is 11.2. The third kappa shape index (κ3) is 5.89. The van der Waals surface area contributed by atoms with Crippen LogP contribution in [-0.2, 0) is 24.8 Å². The monoisotopic (exact) mass is 492 g/mol. The molecule has 0 radical (unpaired) electrons. The van der Waals surface area contributed by atoms with Gasteiger partial charge in [-0.15, -0.1) is 5.10 Å². The SMILES string of the molecule is CCCCc1oc2ccccc2c1CN(C)C(=O)c1ccc(NC(=O)CSc2nnnn2C)cc1. The molecule has 0 unspecified atom stereocenters. The molecule has 0 aliphatic rings. The van der Waals surface area contributed by atoms with Gasteiger partial charge in [-0.1, -0.05) is 43.3 Å². The van der Waals surface area contributed by atoms with Gasteiger partial charge in [-0.05, 0) is 47.2 Å². The summed E-state index contributed by atoms with van der Waals surface area (Å²) in [5.74, 6) is 0.845. The lowest BCUT2D eigenvalue weighted by Crippen LogP contribution is -2.26. The molecule has 0 aliphatic heterocycles.